The number of rotatable bonds is 5. The normalized spacial score (nSPS) is 23.8. The van der Waals surface area contributed by atoms with Crippen molar-refractivity contribution in [1.29, 1.82) is 0 Å². The molecule has 1 heterocycles. The lowest BCUT2D eigenvalue weighted by molar-refractivity contribution is -0.0942. The van der Waals surface area contributed by atoms with Crippen molar-refractivity contribution in [2.75, 3.05) is 19.0 Å². The Labute approximate surface area is 120 Å². The number of nitrogens with zero attached hydrogens (tertiary/aromatic N) is 1. The molecule has 5 nitrogen and oxygen atoms in total. The van der Waals surface area contributed by atoms with Crippen LogP contribution < -0.4 is 10.6 Å². The van der Waals surface area contributed by atoms with Crippen molar-refractivity contribution in [2.45, 2.75) is 39.3 Å². The van der Waals surface area contributed by atoms with Crippen LogP contribution in [-0.4, -0.2) is 36.7 Å². The molecule has 1 aromatic heterocycles. The van der Waals surface area contributed by atoms with Gasteiger partial charge >= 0.3 is 0 Å². The fourth-order valence-corrected chi connectivity index (χ4v) is 2.62. The molecule has 2 rings (SSSR count). The van der Waals surface area contributed by atoms with Crippen molar-refractivity contribution in [3.8, 4) is 0 Å². The molecule has 1 aromatic rings. The number of carbonyl (C=O) groups is 1. The van der Waals surface area contributed by atoms with E-state index in [1.54, 1.807) is 25.4 Å². The van der Waals surface area contributed by atoms with Gasteiger partial charge in [0.15, 0.2) is 0 Å². The molecule has 1 aliphatic rings. The van der Waals surface area contributed by atoms with Gasteiger partial charge in [-0.3, -0.25) is 4.79 Å². The summed E-state index contributed by atoms with van der Waals surface area (Å²) in [4.78, 5) is 16.4. The van der Waals surface area contributed by atoms with Gasteiger partial charge in [-0.15, -0.1) is 0 Å². The highest BCUT2D eigenvalue weighted by atomic mass is 16.5. The first-order valence-corrected chi connectivity index (χ1v) is 7.02. The maximum atomic E-state index is 12.3. The molecule has 5 heteroatoms. The standard InChI is InChI=1S/C15H23N3O2/c1-5-16-13-8-10(6-7-17-13)14(19)18-11-9-12(20-4)15(11,2)3/h6-8,11-12H,5,9H2,1-4H3,(H,16,17)(H,18,19). The minimum atomic E-state index is -0.0563. The minimum Gasteiger partial charge on any atom is -0.381 e. The maximum absolute atomic E-state index is 12.3. The second-order valence-electron chi connectivity index (χ2n) is 5.77. The summed E-state index contributed by atoms with van der Waals surface area (Å²) in [5.74, 6) is 0.668. The van der Waals surface area contributed by atoms with Gasteiger partial charge in [-0.25, -0.2) is 4.98 Å². The predicted molar refractivity (Wildman–Crippen MR) is 78.8 cm³/mol. The molecule has 0 aromatic carbocycles. The van der Waals surface area contributed by atoms with Gasteiger partial charge in [0.1, 0.15) is 5.82 Å². The van der Waals surface area contributed by atoms with Gasteiger partial charge in [0, 0.05) is 36.9 Å². The Balaban J connectivity index is 2.01. The first-order valence-electron chi connectivity index (χ1n) is 7.02. The van der Waals surface area contributed by atoms with Crippen molar-refractivity contribution in [3.63, 3.8) is 0 Å². The molecule has 0 spiro atoms. The smallest absolute Gasteiger partial charge is 0.251 e. The van der Waals surface area contributed by atoms with Crippen LogP contribution in [0.5, 0.6) is 0 Å². The average Bonchev–Trinajstić information content (AvgIpc) is 2.43. The zero-order valence-corrected chi connectivity index (χ0v) is 12.6. The number of hydrogen-bond donors (Lipinski definition) is 2. The number of methoxy groups -OCH3 is 1. The molecular formula is C15H23N3O2. The summed E-state index contributed by atoms with van der Waals surface area (Å²) >= 11 is 0. The highest BCUT2D eigenvalue weighted by Gasteiger charge is 2.49. The van der Waals surface area contributed by atoms with Crippen molar-refractivity contribution >= 4 is 11.7 Å². The van der Waals surface area contributed by atoms with Gasteiger partial charge < -0.3 is 15.4 Å². The Kier molecular flexibility index (Phi) is 4.28. The van der Waals surface area contributed by atoms with Crippen LogP contribution in [0.3, 0.4) is 0 Å². The molecule has 2 N–H and O–H groups in total. The average molecular weight is 277 g/mol. The van der Waals surface area contributed by atoms with Crippen LogP contribution >= 0.6 is 0 Å². The third-order valence-electron chi connectivity index (χ3n) is 4.15. The lowest BCUT2D eigenvalue weighted by Gasteiger charge is -2.51. The van der Waals surface area contributed by atoms with Crippen LogP contribution in [0.2, 0.25) is 0 Å². The fraction of sp³-hybridized carbons (Fsp3) is 0.600. The summed E-state index contributed by atoms with van der Waals surface area (Å²) in [5, 5.41) is 6.19. The Morgan fingerprint density at radius 3 is 2.90 bits per heavy atom. The zero-order valence-electron chi connectivity index (χ0n) is 12.6. The molecule has 0 aliphatic heterocycles. The minimum absolute atomic E-state index is 0.0259. The number of carbonyl (C=O) groups excluding carboxylic acids is 1. The number of hydrogen-bond acceptors (Lipinski definition) is 4. The van der Waals surface area contributed by atoms with E-state index in [1.165, 1.54) is 0 Å². The number of amides is 1. The van der Waals surface area contributed by atoms with E-state index in [-0.39, 0.29) is 23.5 Å². The molecule has 1 aliphatic carbocycles. The predicted octanol–water partition coefficient (Wildman–Crippen LogP) is 2.06. The van der Waals surface area contributed by atoms with Crippen molar-refractivity contribution in [1.82, 2.24) is 10.3 Å². The topological polar surface area (TPSA) is 63.2 Å². The first kappa shape index (κ1) is 14.8. The summed E-state index contributed by atoms with van der Waals surface area (Å²) in [6.07, 6.45) is 2.72. The molecule has 110 valence electrons. The molecule has 0 radical (unpaired) electrons. The van der Waals surface area contributed by atoms with Crippen LogP contribution in [0.15, 0.2) is 18.3 Å². The summed E-state index contributed by atoms with van der Waals surface area (Å²) in [7, 11) is 1.72. The molecular weight excluding hydrogens is 254 g/mol. The number of nitrogens with one attached hydrogen (secondary N) is 2. The fourth-order valence-electron chi connectivity index (χ4n) is 2.62. The van der Waals surface area contributed by atoms with Crippen LogP contribution in [-0.2, 0) is 4.74 Å². The summed E-state index contributed by atoms with van der Waals surface area (Å²) < 4.78 is 5.40. The van der Waals surface area contributed by atoms with Gasteiger partial charge in [0.05, 0.1) is 6.10 Å². The Morgan fingerprint density at radius 1 is 1.55 bits per heavy atom. The SMILES string of the molecule is CCNc1cc(C(=O)NC2CC(OC)C2(C)C)ccn1. The summed E-state index contributed by atoms with van der Waals surface area (Å²) in [5.41, 5.74) is 0.606. The Hall–Kier alpha value is -1.62. The largest absolute Gasteiger partial charge is 0.381 e. The summed E-state index contributed by atoms with van der Waals surface area (Å²) in [6, 6.07) is 3.66. The third kappa shape index (κ3) is 2.77. The maximum Gasteiger partial charge on any atom is 0.251 e. The van der Waals surface area contributed by atoms with E-state index in [0.717, 1.165) is 18.8 Å². The second-order valence-corrected chi connectivity index (χ2v) is 5.77. The quantitative estimate of drug-likeness (QED) is 0.864. The highest BCUT2D eigenvalue weighted by molar-refractivity contribution is 5.95. The molecule has 1 amide bonds. The third-order valence-corrected chi connectivity index (χ3v) is 4.15. The Bertz CT molecular complexity index is 488. The zero-order chi connectivity index (χ0) is 14.8. The molecule has 0 bridgehead atoms. The van der Waals surface area contributed by atoms with E-state index < -0.39 is 0 Å². The van der Waals surface area contributed by atoms with Gasteiger partial charge in [-0.1, -0.05) is 13.8 Å². The van der Waals surface area contributed by atoms with E-state index in [4.69, 9.17) is 4.74 Å². The highest BCUT2D eigenvalue weighted by Crippen LogP contribution is 2.42. The van der Waals surface area contributed by atoms with Crippen molar-refractivity contribution in [3.05, 3.63) is 23.9 Å². The number of pyridine rings is 1. The van der Waals surface area contributed by atoms with E-state index in [1.807, 2.05) is 6.92 Å². The van der Waals surface area contributed by atoms with Crippen LogP contribution in [0.4, 0.5) is 5.82 Å². The molecule has 1 fully saturated rings. The molecule has 2 unspecified atom stereocenters. The number of ether oxygens (including phenoxy) is 1. The van der Waals surface area contributed by atoms with Crippen molar-refractivity contribution in [2.24, 2.45) is 5.41 Å². The van der Waals surface area contributed by atoms with Gasteiger partial charge in [0.2, 0.25) is 0 Å². The monoisotopic (exact) mass is 277 g/mol. The van der Waals surface area contributed by atoms with E-state index in [9.17, 15) is 4.79 Å². The second kappa shape index (κ2) is 5.79. The Morgan fingerprint density at radius 2 is 2.30 bits per heavy atom. The van der Waals surface area contributed by atoms with Crippen LogP contribution in [0.25, 0.3) is 0 Å². The molecule has 2 atom stereocenters. The van der Waals surface area contributed by atoms with Crippen LogP contribution in [0, 0.1) is 5.41 Å². The van der Waals surface area contributed by atoms with Gasteiger partial charge in [-0.2, -0.15) is 0 Å². The lowest BCUT2D eigenvalue weighted by atomic mass is 9.64. The van der Waals surface area contributed by atoms with Gasteiger partial charge in [-0.05, 0) is 25.5 Å². The van der Waals surface area contributed by atoms with Crippen LogP contribution in [0.1, 0.15) is 37.6 Å². The van der Waals surface area contributed by atoms with Gasteiger partial charge in [0.25, 0.3) is 5.91 Å². The van der Waals surface area contributed by atoms with E-state index >= 15 is 0 Å². The van der Waals surface area contributed by atoms with E-state index in [2.05, 4.69) is 29.5 Å². The lowest BCUT2D eigenvalue weighted by Crippen LogP contribution is -2.61. The molecule has 0 saturated heterocycles. The first-order chi connectivity index (χ1) is 9.48. The summed E-state index contributed by atoms with van der Waals surface area (Å²) in [6.45, 7) is 7.01. The number of anilines is 1. The van der Waals surface area contributed by atoms with Crippen molar-refractivity contribution < 1.29 is 9.53 Å². The number of aromatic nitrogens is 1. The van der Waals surface area contributed by atoms with E-state index in [0.29, 0.717) is 5.56 Å². The molecule has 20 heavy (non-hydrogen) atoms. The molecule has 1 saturated carbocycles.